The Balaban J connectivity index is 1.11. The maximum Gasteiger partial charge on any atom is 0.323 e. The number of hydrogen-bond acceptors (Lipinski definition) is 4. The molecule has 8 heteroatoms. The maximum absolute atomic E-state index is 12.5. The molecule has 176 valence electrons. The standard InChI is InChI=1S/C28H22N6O2/c1-36-24-8-4-7-23-25(24)34-27(33-23)18-11-15-20(16-12-18)30-28(35)29-19-13-9-17(10-14-19)26-31-21-5-2-3-6-22(21)32-26/h2-16H,1H3,(H,31,32)(H,33,34)(H2,29,30,35). The number of benzene rings is 4. The number of imidazole rings is 2. The van der Waals surface area contributed by atoms with Crippen LogP contribution in [0.5, 0.6) is 5.75 Å². The van der Waals surface area contributed by atoms with Gasteiger partial charge < -0.3 is 25.3 Å². The number of anilines is 2. The number of carbonyl (C=O) groups excluding carboxylic acids is 1. The van der Waals surface area contributed by atoms with Gasteiger partial charge in [-0.1, -0.05) is 18.2 Å². The smallest absolute Gasteiger partial charge is 0.323 e. The number of methoxy groups -OCH3 is 1. The molecule has 0 fully saturated rings. The summed E-state index contributed by atoms with van der Waals surface area (Å²) in [7, 11) is 1.63. The number of rotatable bonds is 5. The van der Waals surface area contributed by atoms with E-state index in [2.05, 4.69) is 30.6 Å². The van der Waals surface area contributed by atoms with E-state index in [1.165, 1.54) is 0 Å². The van der Waals surface area contributed by atoms with Crippen molar-refractivity contribution in [3.63, 3.8) is 0 Å². The number of aromatic amines is 2. The van der Waals surface area contributed by atoms with Crippen molar-refractivity contribution < 1.29 is 9.53 Å². The fourth-order valence-electron chi connectivity index (χ4n) is 4.11. The number of nitrogens with one attached hydrogen (secondary N) is 4. The van der Waals surface area contributed by atoms with Gasteiger partial charge in [0.05, 0.1) is 23.7 Å². The zero-order valence-electron chi connectivity index (χ0n) is 19.4. The van der Waals surface area contributed by atoms with Gasteiger partial charge in [0.2, 0.25) is 0 Å². The summed E-state index contributed by atoms with van der Waals surface area (Å²) in [6, 6.07) is 28.3. The molecule has 0 saturated carbocycles. The minimum absolute atomic E-state index is 0.326. The summed E-state index contributed by atoms with van der Waals surface area (Å²) in [6.45, 7) is 0. The molecule has 0 aliphatic carbocycles. The first-order chi connectivity index (χ1) is 17.7. The highest BCUT2D eigenvalue weighted by Gasteiger charge is 2.10. The molecule has 36 heavy (non-hydrogen) atoms. The Morgan fingerprint density at radius 2 is 1.28 bits per heavy atom. The van der Waals surface area contributed by atoms with Gasteiger partial charge in [0.15, 0.2) is 0 Å². The summed E-state index contributed by atoms with van der Waals surface area (Å²) in [6.07, 6.45) is 0. The predicted octanol–water partition coefficient (Wildman–Crippen LogP) is 6.43. The second-order valence-electron chi connectivity index (χ2n) is 8.28. The lowest BCUT2D eigenvalue weighted by atomic mass is 10.2. The minimum atomic E-state index is -0.326. The Bertz CT molecular complexity index is 1650. The van der Waals surface area contributed by atoms with Crippen molar-refractivity contribution in [1.29, 1.82) is 0 Å². The predicted molar refractivity (Wildman–Crippen MR) is 142 cm³/mol. The fourth-order valence-corrected chi connectivity index (χ4v) is 4.11. The molecule has 0 radical (unpaired) electrons. The number of aromatic nitrogens is 4. The third-order valence-electron chi connectivity index (χ3n) is 5.92. The molecular weight excluding hydrogens is 452 g/mol. The van der Waals surface area contributed by atoms with Crippen molar-refractivity contribution in [2.75, 3.05) is 17.7 Å². The van der Waals surface area contributed by atoms with Gasteiger partial charge in [0, 0.05) is 22.5 Å². The van der Waals surface area contributed by atoms with Crippen LogP contribution in [0.15, 0.2) is 91.0 Å². The maximum atomic E-state index is 12.5. The number of urea groups is 1. The highest BCUT2D eigenvalue weighted by molar-refractivity contribution is 6.00. The van der Waals surface area contributed by atoms with Crippen LogP contribution in [0.1, 0.15) is 0 Å². The molecule has 4 aromatic carbocycles. The number of amides is 2. The summed E-state index contributed by atoms with van der Waals surface area (Å²) < 4.78 is 5.39. The van der Waals surface area contributed by atoms with Crippen LogP contribution in [0.2, 0.25) is 0 Å². The fraction of sp³-hybridized carbons (Fsp3) is 0.0357. The van der Waals surface area contributed by atoms with Crippen LogP contribution in [0.25, 0.3) is 44.8 Å². The molecule has 0 saturated heterocycles. The molecule has 0 spiro atoms. The lowest BCUT2D eigenvalue weighted by Gasteiger charge is -2.08. The first kappa shape index (κ1) is 21.4. The van der Waals surface area contributed by atoms with Gasteiger partial charge in [0.1, 0.15) is 22.9 Å². The van der Waals surface area contributed by atoms with Crippen LogP contribution in [0, 0.1) is 0 Å². The average molecular weight is 475 g/mol. The van der Waals surface area contributed by atoms with Crippen molar-refractivity contribution in [3.05, 3.63) is 91.0 Å². The van der Waals surface area contributed by atoms with E-state index in [1.807, 2.05) is 91.0 Å². The highest BCUT2D eigenvalue weighted by Crippen LogP contribution is 2.28. The van der Waals surface area contributed by atoms with E-state index in [9.17, 15) is 4.79 Å². The third kappa shape index (κ3) is 4.12. The molecule has 2 aromatic heterocycles. The molecule has 0 aliphatic rings. The average Bonchev–Trinajstić information content (AvgIpc) is 3.54. The second-order valence-corrected chi connectivity index (χ2v) is 8.28. The monoisotopic (exact) mass is 474 g/mol. The summed E-state index contributed by atoms with van der Waals surface area (Å²) >= 11 is 0. The number of ether oxygens (including phenoxy) is 1. The molecule has 0 unspecified atom stereocenters. The minimum Gasteiger partial charge on any atom is -0.494 e. The zero-order chi connectivity index (χ0) is 24.5. The van der Waals surface area contributed by atoms with E-state index in [0.717, 1.165) is 50.6 Å². The molecule has 6 aromatic rings. The summed E-state index contributed by atoms with van der Waals surface area (Å²) in [5, 5.41) is 5.72. The Morgan fingerprint density at radius 1 is 0.694 bits per heavy atom. The van der Waals surface area contributed by atoms with Crippen molar-refractivity contribution in [1.82, 2.24) is 19.9 Å². The van der Waals surface area contributed by atoms with Gasteiger partial charge in [0.25, 0.3) is 0 Å². The van der Waals surface area contributed by atoms with E-state index in [1.54, 1.807) is 7.11 Å². The third-order valence-corrected chi connectivity index (χ3v) is 5.92. The number of nitrogens with zero attached hydrogens (tertiary/aromatic N) is 2. The van der Waals surface area contributed by atoms with Crippen molar-refractivity contribution in [2.24, 2.45) is 0 Å². The summed E-state index contributed by atoms with van der Waals surface area (Å²) in [4.78, 5) is 28.4. The lowest BCUT2D eigenvalue weighted by molar-refractivity contribution is 0.262. The Hall–Kier alpha value is -5.11. The number of fused-ring (bicyclic) bond motifs is 2. The molecule has 0 atom stereocenters. The van der Waals surface area contributed by atoms with Gasteiger partial charge in [-0.15, -0.1) is 0 Å². The second kappa shape index (κ2) is 8.92. The molecule has 4 N–H and O–H groups in total. The van der Waals surface area contributed by atoms with Gasteiger partial charge >= 0.3 is 6.03 Å². The van der Waals surface area contributed by atoms with Crippen LogP contribution >= 0.6 is 0 Å². The molecule has 2 heterocycles. The largest absolute Gasteiger partial charge is 0.494 e. The van der Waals surface area contributed by atoms with Gasteiger partial charge in [-0.25, -0.2) is 14.8 Å². The number of H-pyrrole nitrogens is 2. The van der Waals surface area contributed by atoms with Crippen LogP contribution in [0.3, 0.4) is 0 Å². The van der Waals surface area contributed by atoms with Gasteiger partial charge in [-0.2, -0.15) is 0 Å². The first-order valence-electron chi connectivity index (χ1n) is 11.4. The topological polar surface area (TPSA) is 108 Å². The SMILES string of the molecule is COc1cccc2[nH]c(-c3ccc(NC(=O)Nc4ccc(-c5nc6ccccc6[nH]5)cc4)cc3)nc12. The molecular formula is C28H22N6O2. The molecule has 0 aliphatic heterocycles. The van der Waals surface area contributed by atoms with E-state index in [-0.39, 0.29) is 6.03 Å². The molecule has 6 rings (SSSR count). The van der Waals surface area contributed by atoms with Crippen molar-refractivity contribution in [2.45, 2.75) is 0 Å². The number of para-hydroxylation sites is 3. The summed E-state index contributed by atoms with van der Waals surface area (Å²) in [5.74, 6) is 2.24. The van der Waals surface area contributed by atoms with E-state index >= 15 is 0 Å². The van der Waals surface area contributed by atoms with Crippen LogP contribution < -0.4 is 15.4 Å². The molecule has 8 nitrogen and oxygen atoms in total. The Labute approximate surface area is 206 Å². The normalized spacial score (nSPS) is 11.0. The van der Waals surface area contributed by atoms with E-state index < -0.39 is 0 Å². The first-order valence-corrected chi connectivity index (χ1v) is 11.4. The quantitative estimate of drug-likeness (QED) is 0.231. The number of carbonyl (C=O) groups is 1. The van der Waals surface area contributed by atoms with Crippen LogP contribution in [0.4, 0.5) is 16.2 Å². The molecule has 2 amide bonds. The zero-order valence-corrected chi connectivity index (χ0v) is 19.4. The lowest BCUT2D eigenvalue weighted by Crippen LogP contribution is -2.19. The van der Waals surface area contributed by atoms with Crippen LogP contribution in [-0.2, 0) is 0 Å². The van der Waals surface area contributed by atoms with E-state index in [0.29, 0.717) is 11.4 Å². The van der Waals surface area contributed by atoms with Gasteiger partial charge in [-0.05, 0) is 72.8 Å². The Morgan fingerprint density at radius 3 is 1.92 bits per heavy atom. The van der Waals surface area contributed by atoms with E-state index in [4.69, 9.17) is 4.74 Å². The van der Waals surface area contributed by atoms with Crippen LogP contribution in [-0.4, -0.2) is 33.1 Å². The van der Waals surface area contributed by atoms with Crippen molar-refractivity contribution in [3.8, 4) is 28.5 Å². The number of hydrogen-bond donors (Lipinski definition) is 4. The van der Waals surface area contributed by atoms with Gasteiger partial charge in [-0.3, -0.25) is 0 Å². The Kier molecular flexibility index (Phi) is 5.31. The summed E-state index contributed by atoms with van der Waals surface area (Å²) in [5.41, 5.74) is 6.78. The van der Waals surface area contributed by atoms with Crippen molar-refractivity contribution >= 4 is 39.5 Å². The highest BCUT2D eigenvalue weighted by atomic mass is 16.5. The molecule has 0 bridgehead atoms.